The normalized spacial score (nSPS) is 19.8. The molecular weight excluding hydrogens is 306 g/mol. The number of hydrogen-bond donors (Lipinski definition) is 1. The van der Waals surface area contributed by atoms with Gasteiger partial charge in [0, 0.05) is 19.1 Å². The Morgan fingerprint density at radius 3 is 2.55 bits per heavy atom. The first-order valence-corrected chi connectivity index (χ1v) is 8.55. The maximum Gasteiger partial charge on any atom is 0.311 e. The van der Waals surface area contributed by atoms with Crippen molar-refractivity contribution in [2.45, 2.75) is 38.6 Å². The van der Waals surface area contributed by atoms with Crippen LogP contribution in [0.5, 0.6) is 0 Å². The van der Waals surface area contributed by atoms with E-state index in [2.05, 4.69) is 5.10 Å². The molecule has 0 aromatic carbocycles. The summed E-state index contributed by atoms with van der Waals surface area (Å²) in [5, 5.41) is 13.4. The third kappa shape index (κ3) is 2.80. The maximum absolute atomic E-state index is 12.9. The third-order valence-corrected chi connectivity index (χ3v) is 5.83. The van der Waals surface area contributed by atoms with Crippen LogP contribution < -0.4 is 0 Å². The van der Waals surface area contributed by atoms with Gasteiger partial charge in [0.05, 0.1) is 17.3 Å². The predicted molar refractivity (Wildman–Crippen MR) is 81.1 cm³/mol. The van der Waals surface area contributed by atoms with E-state index in [0.717, 1.165) is 0 Å². The highest BCUT2D eigenvalue weighted by Gasteiger charge is 2.34. The number of rotatable bonds is 4. The number of nitrogens with zero attached hydrogens (tertiary/aromatic N) is 3. The SMILES string of the molecule is Cc1nn(C(C)C)c(C)c1S(=O)(=O)N1CC=CC(C(=O)O)C1. The van der Waals surface area contributed by atoms with E-state index in [-0.39, 0.29) is 24.0 Å². The van der Waals surface area contributed by atoms with Crippen LogP contribution in [0.1, 0.15) is 31.3 Å². The van der Waals surface area contributed by atoms with Crippen LogP contribution in [-0.4, -0.2) is 46.7 Å². The fourth-order valence-electron chi connectivity index (χ4n) is 2.71. The highest BCUT2D eigenvalue weighted by atomic mass is 32.2. The molecule has 0 spiro atoms. The number of carbonyl (C=O) groups is 1. The first-order valence-electron chi connectivity index (χ1n) is 7.11. The zero-order valence-electron chi connectivity index (χ0n) is 13.1. The van der Waals surface area contributed by atoms with Gasteiger partial charge < -0.3 is 5.11 Å². The lowest BCUT2D eigenvalue weighted by molar-refractivity contribution is -0.140. The molecule has 2 rings (SSSR count). The van der Waals surface area contributed by atoms with Crippen molar-refractivity contribution in [1.29, 1.82) is 0 Å². The van der Waals surface area contributed by atoms with Gasteiger partial charge in [0.15, 0.2) is 0 Å². The van der Waals surface area contributed by atoms with Gasteiger partial charge in [0.2, 0.25) is 10.0 Å². The smallest absolute Gasteiger partial charge is 0.311 e. The lowest BCUT2D eigenvalue weighted by atomic mass is 10.1. The molecule has 1 aromatic heterocycles. The van der Waals surface area contributed by atoms with Crippen LogP contribution in [0, 0.1) is 19.8 Å². The Hall–Kier alpha value is -1.67. The average molecular weight is 327 g/mol. The molecule has 1 aromatic rings. The van der Waals surface area contributed by atoms with Crippen molar-refractivity contribution in [2.75, 3.05) is 13.1 Å². The van der Waals surface area contributed by atoms with Crippen molar-refractivity contribution < 1.29 is 18.3 Å². The summed E-state index contributed by atoms with van der Waals surface area (Å²) in [5.41, 5.74) is 1.02. The molecule has 0 bridgehead atoms. The van der Waals surface area contributed by atoms with Crippen molar-refractivity contribution in [2.24, 2.45) is 5.92 Å². The summed E-state index contributed by atoms with van der Waals surface area (Å²) in [5.74, 6) is -1.84. The first kappa shape index (κ1) is 16.7. The molecule has 0 saturated heterocycles. The van der Waals surface area contributed by atoms with Crippen molar-refractivity contribution in [3.63, 3.8) is 0 Å². The van der Waals surface area contributed by atoms with Gasteiger partial charge in [-0.05, 0) is 27.7 Å². The minimum atomic E-state index is -3.77. The molecule has 122 valence electrons. The lowest BCUT2D eigenvalue weighted by Crippen LogP contribution is -2.40. The lowest BCUT2D eigenvalue weighted by Gasteiger charge is -2.26. The minimum Gasteiger partial charge on any atom is -0.481 e. The average Bonchev–Trinajstić information content (AvgIpc) is 2.74. The van der Waals surface area contributed by atoms with Crippen LogP contribution in [0.3, 0.4) is 0 Å². The van der Waals surface area contributed by atoms with Crippen molar-refractivity contribution in [1.82, 2.24) is 14.1 Å². The van der Waals surface area contributed by atoms with E-state index in [0.29, 0.717) is 11.4 Å². The van der Waals surface area contributed by atoms with Gasteiger partial charge in [-0.15, -0.1) is 0 Å². The van der Waals surface area contributed by atoms with E-state index in [9.17, 15) is 13.2 Å². The van der Waals surface area contributed by atoms with E-state index in [4.69, 9.17) is 5.11 Å². The molecule has 1 aliphatic heterocycles. The number of hydrogen-bond acceptors (Lipinski definition) is 4. The molecule has 7 nitrogen and oxygen atoms in total. The van der Waals surface area contributed by atoms with Crippen molar-refractivity contribution in [3.8, 4) is 0 Å². The fraction of sp³-hybridized carbons (Fsp3) is 0.571. The topological polar surface area (TPSA) is 92.5 Å². The molecule has 2 heterocycles. The predicted octanol–water partition coefficient (Wildman–Crippen LogP) is 1.34. The standard InChI is InChI=1S/C14H21N3O4S/c1-9(2)17-11(4)13(10(3)15-17)22(20,21)16-7-5-6-12(8-16)14(18)19/h5-6,9,12H,7-8H2,1-4H3,(H,18,19). The van der Waals surface area contributed by atoms with E-state index >= 15 is 0 Å². The minimum absolute atomic E-state index is 0.0515. The number of aryl methyl sites for hydroxylation is 1. The van der Waals surface area contributed by atoms with Gasteiger partial charge in [-0.3, -0.25) is 9.48 Å². The van der Waals surface area contributed by atoms with Crippen LogP contribution in [0.15, 0.2) is 17.0 Å². The fourth-order valence-corrected chi connectivity index (χ4v) is 4.49. The largest absolute Gasteiger partial charge is 0.481 e. The second-order valence-corrected chi connectivity index (χ2v) is 7.61. The van der Waals surface area contributed by atoms with Crippen LogP contribution in [0.25, 0.3) is 0 Å². The van der Waals surface area contributed by atoms with Crippen LogP contribution >= 0.6 is 0 Å². The zero-order chi connectivity index (χ0) is 16.7. The molecule has 1 unspecified atom stereocenters. The second kappa shape index (κ2) is 5.85. The van der Waals surface area contributed by atoms with Crippen molar-refractivity contribution >= 4 is 16.0 Å². The maximum atomic E-state index is 12.9. The van der Waals surface area contributed by atoms with Crippen molar-refractivity contribution in [3.05, 3.63) is 23.5 Å². The monoisotopic (exact) mass is 327 g/mol. The highest BCUT2D eigenvalue weighted by Crippen LogP contribution is 2.27. The molecule has 0 saturated carbocycles. The van der Waals surface area contributed by atoms with E-state index < -0.39 is 21.9 Å². The van der Waals surface area contributed by atoms with Gasteiger partial charge in [-0.25, -0.2) is 8.42 Å². The van der Waals surface area contributed by atoms with Gasteiger partial charge >= 0.3 is 5.97 Å². The Balaban J connectivity index is 2.44. The number of sulfonamides is 1. The summed E-state index contributed by atoms with van der Waals surface area (Å²) in [6, 6.07) is 0.0515. The Bertz CT molecular complexity index is 719. The summed E-state index contributed by atoms with van der Waals surface area (Å²) in [6.45, 7) is 7.37. The molecule has 8 heteroatoms. The molecule has 0 amide bonds. The number of aromatic nitrogens is 2. The molecule has 0 fully saturated rings. The summed E-state index contributed by atoms with van der Waals surface area (Å²) >= 11 is 0. The molecule has 0 radical (unpaired) electrons. The Kier molecular flexibility index (Phi) is 4.44. The molecule has 22 heavy (non-hydrogen) atoms. The summed E-state index contributed by atoms with van der Waals surface area (Å²) in [4.78, 5) is 11.3. The van der Waals surface area contributed by atoms with E-state index in [1.54, 1.807) is 24.6 Å². The van der Waals surface area contributed by atoms with Crippen LogP contribution in [0.4, 0.5) is 0 Å². The van der Waals surface area contributed by atoms with Gasteiger partial charge in [0.25, 0.3) is 0 Å². The number of aliphatic carboxylic acids is 1. The number of carboxylic acids is 1. The third-order valence-electron chi connectivity index (χ3n) is 3.74. The Morgan fingerprint density at radius 1 is 1.41 bits per heavy atom. The van der Waals surface area contributed by atoms with Crippen LogP contribution in [0.2, 0.25) is 0 Å². The first-order chi connectivity index (χ1) is 10.2. The highest BCUT2D eigenvalue weighted by molar-refractivity contribution is 7.89. The van der Waals surface area contributed by atoms with Gasteiger partial charge in [-0.2, -0.15) is 9.40 Å². The van der Waals surface area contributed by atoms with Crippen LogP contribution in [-0.2, 0) is 14.8 Å². The molecule has 1 atom stereocenters. The van der Waals surface area contributed by atoms with E-state index in [1.807, 2.05) is 13.8 Å². The summed E-state index contributed by atoms with van der Waals surface area (Å²) in [6.07, 6.45) is 3.11. The molecular formula is C14H21N3O4S. The molecule has 1 aliphatic rings. The van der Waals surface area contributed by atoms with Gasteiger partial charge in [0.1, 0.15) is 4.90 Å². The molecule has 1 N–H and O–H groups in total. The van der Waals surface area contributed by atoms with E-state index in [1.165, 1.54) is 10.4 Å². The van der Waals surface area contributed by atoms with Gasteiger partial charge in [-0.1, -0.05) is 12.2 Å². The number of carboxylic acid groups (broad SMARTS) is 1. The second-order valence-electron chi connectivity index (χ2n) is 5.73. The Morgan fingerprint density at radius 2 is 2.05 bits per heavy atom. The quantitative estimate of drug-likeness (QED) is 0.843. The Labute approximate surface area is 130 Å². The molecule has 0 aliphatic carbocycles. The summed E-state index contributed by atoms with van der Waals surface area (Å²) in [7, 11) is -3.77. The summed E-state index contributed by atoms with van der Waals surface area (Å²) < 4.78 is 28.6. The zero-order valence-corrected chi connectivity index (χ0v) is 14.0.